The van der Waals surface area contributed by atoms with E-state index < -0.39 is 0 Å². The third-order valence-electron chi connectivity index (χ3n) is 4.29. The maximum absolute atomic E-state index is 5.89. The number of hydrogen-bond acceptors (Lipinski definition) is 3. The van der Waals surface area contributed by atoms with Gasteiger partial charge in [-0.2, -0.15) is 0 Å². The lowest BCUT2D eigenvalue weighted by molar-refractivity contribution is -0.0320. The molecule has 5 nitrogen and oxygen atoms in total. The molecule has 6 heteroatoms. The lowest BCUT2D eigenvalue weighted by Gasteiger charge is -2.33. The molecule has 2 fully saturated rings. The van der Waals surface area contributed by atoms with Gasteiger partial charge < -0.3 is 19.7 Å². The van der Waals surface area contributed by atoms with E-state index in [-0.39, 0.29) is 24.0 Å². The quantitative estimate of drug-likeness (QED) is 0.318. The van der Waals surface area contributed by atoms with Crippen molar-refractivity contribution in [2.75, 3.05) is 46.5 Å². The van der Waals surface area contributed by atoms with Crippen molar-refractivity contribution in [1.82, 2.24) is 10.2 Å². The normalized spacial score (nSPS) is 24.0. The maximum Gasteiger partial charge on any atom is 0.193 e. The minimum absolute atomic E-state index is 0. The molecule has 2 heterocycles. The fraction of sp³-hybridized carbons (Fsp3) is 0.938. The van der Waals surface area contributed by atoms with E-state index >= 15 is 0 Å². The Hall–Kier alpha value is -0.0800. The summed E-state index contributed by atoms with van der Waals surface area (Å²) in [5.74, 6) is 1.82. The summed E-state index contributed by atoms with van der Waals surface area (Å²) in [5.41, 5.74) is 0. The summed E-state index contributed by atoms with van der Waals surface area (Å²) in [6, 6.07) is 0. The number of likely N-dealkylation sites (tertiary alicyclic amines) is 1. The fourth-order valence-electron chi connectivity index (χ4n) is 3.08. The van der Waals surface area contributed by atoms with Crippen LogP contribution in [0.3, 0.4) is 0 Å². The highest BCUT2D eigenvalue weighted by Gasteiger charge is 2.19. The molecule has 2 rings (SSSR count). The van der Waals surface area contributed by atoms with E-state index in [1.165, 1.54) is 12.8 Å². The molecule has 0 bridgehead atoms. The van der Waals surface area contributed by atoms with Crippen molar-refractivity contribution in [3.63, 3.8) is 0 Å². The molecular formula is C16H32IN3O2. The number of rotatable bonds is 5. The van der Waals surface area contributed by atoms with Crippen molar-refractivity contribution < 1.29 is 9.47 Å². The van der Waals surface area contributed by atoms with Crippen LogP contribution in [-0.2, 0) is 9.47 Å². The topological polar surface area (TPSA) is 46.1 Å². The van der Waals surface area contributed by atoms with Crippen LogP contribution in [0.5, 0.6) is 0 Å². The first-order valence-corrected chi connectivity index (χ1v) is 8.44. The number of halogens is 1. The van der Waals surface area contributed by atoms with Crippen LogP contribution >= 0.6 is 24.0 Å². The molecule has 130 valence electrons. The zero-order valence-corrected chi connectivity index (χ0v) is 16.4. The van der Waals surface area contributed by atoms with Crippen LogP contribution in [0.1, 0.15) is 39.0 Å². The number of piperidine rings is 1. The van der Waals surface area contributed by atoms with Crippen molar-refractivity contribution in [3.8, 4) is 0 Å². The van der Waals surface area contributed by atoms with E-state index in [9.17, 15) is 0 Å². The Bertz CT molecular complexity index is 323. The molecule has 0 aromatic carbocycles. The molecule has 0 radical (unpaired) electrons. The third-order valence-corrected chi connectivity index (χ3v) is 4.29. The van der Waals surface area contributed by atoms with E-state index in [4.69, 9.17) is 9.47 Å². The van der Waals surface area contributed by atoms with Gasteiger partial charge in [-0.3, -0.25) is 4.99 Å². The van der Waals surface area contributed by atoms with Crippen molar-refractivity contribution in [3.05, 3.63) is 0 Å². The van der Waals surface area contributed by atoms with Gasteiger partial charge in [0.1, 0.15) is 0 Å². The van der Waals surface area contributed by atoms with Gasteiger partial charge >= 0.3 is 0 Å². The summed E-state index contributed by atoms with van der Waals surface area (Å²) in [5, 5.41) is 3.47. The van der Waals surface area contributed by atoms with Gasteiger partial charge in [-0.25, -0.2) is 0 Å². The van der Waals surface area contributed by atoms with Gasteiger partial charge in [-0.05, 0) is 38.0 Å². The minimum Gasteiger partial charge on any atom is -0.381 e. The number of nitrogens with zero attached hydrogens (tertiary/aromatic N) is 2. The van der Waals surface area contributed by atoms with Crippen molar-refractivity contribution in [2.45, 2.75) is 45.1 Å². The van der Waals surface area contributed by atoms with E-state index in [0.29, 0.717) is 6.10 Å². The largest absolute Gasteiger partial charge is 0.381 e. The molecule has 0 aliphatic carbocycles. The summed E-state index contributed by atoms with van der Waals surface area (Å²) < 4.78 is 11.2. The first-order valence-electron chi connectivity index (χ1n) is 8.44. The standard InChI is InChI=1S/C16H31N3O2.HI/c1-14-5-3-9-19(13-14)16(17-2)18-8-4-10-21-15-6-11-20-12-7-15;/h14-15H,3-13H2,1-2H3,(H,17,18);1H. The van der Waals surface area contributed by atoms with Gasteiger partial charge in [0.25, 0.3) is 0 Å². The summed E-state index contributed by atoms with van der Waals surface area (Å²) in [7, 11) is 1.88. The third kappa shape index (κ3) is 7.00. The number of nitrogens with one attached hydrogen (secondary N) is 1. The fourth-order valence-corrected chi connectivity index (χ4v) is 3.08. The van der Waals surface area contributed by atoms with E-state index in [1.54, 1.807) is 0 Å². The van der Waals surface area contributed by atoms with Crippen LogP contribution in [0.2, 0.25) is 0 Å². The second-order valence-electron chi connectivity index (χ2n) is 6.20. The summed E-state index contributed by atoms with van der Waals surface area (Å²) in [4.78, 5) is 6.79. The van der Waals surface area contributed by atoms with Crippen LogP contribution in [0, 0.1) is 5.92 Å². The summed E-state index contributed by atoms with van der Waals surface area (Å²) in [6.45, 7) is 8.03. The van der Waals surface area contributed by atoms with Crippen LogP contribution in [-0.4, -0.2) is 63.5 Å². The van der Waals surface area contributed by atoms with E-state index in [2.05, 4.69) is 22.1 Å². The Morgan fingerprint density at radius 3 is 2.77 bits per heavy atom. The molecule has 1 N–H and O–H groups in total. The highest BCUT2D eigenvalue weighted by Crippen LogP contribution is 2.15. The zero-order chi connectivity index (χ0) is 14.9. The van der Waals surface area contributed by atoms with E-state index in [0.717, 1.165) is 70.6 Å². The lowest BCUT2D eigenvalue weighted by atomic mass is 10.0. The van der Waals surface area contributed by atoms with Crippen LogP contribution < -0.4 is 5.32 Å². The first kappa shape index (κ1) is 20.0. The molecule has 0 amide bonds. The molecule has 2 aliphatic rings. The molecule has 22 heavy (non-hydrogen) atoms. The highest BCUT2D eigenvalue weighted by molar-refractivity contribution is 14.0. The van der Waals surface area contributed by atoms with Gasteiger partial charge in [0.05, 0.1) is 6.10 Å². The van der Waals surface area contributed by atoms with Crippen LogP contribution in [0.4, 0.5) is 0 Å². The lowest BCUT2D eigenvalue weighted by Crippen LogP contribution is -2.46. The predicted molar refractivity (Wildman–Crippen MR) is 101 cm³/mol. The van der Waals surface area contributed by atoms with E-state index in [1.807, 2.05) is 7.05 Å². The Kier molecular flexibility index (Phi) is 10.4. The summed E-state index contributed by atoms with van der Waals surface area (Å²) >= 11 is 0. The number of guanidine groups is 1. The van der Waals surface area contributed by atoms with Crippen molar-refractivity contribution in [1.29, 1.82) is 0 Å². The molecule has 0 aromatic heterocycles. The molecular weight excluding hydrogens is 393 g/mol. The number of aliphatic imine (C=N–C) groups is 1. The predicted octanol–water partition coefficient (Wildman–Crippen LogP) is 2.50. The zero-order valence-electron chi connectivity index (χ0n) is 14.1. The van der Waals surface area contributed by atoms with Crippen molar-refractivity contribution in [2.24, 2.45) is 10.9 Å². The molecule has 1 unspecified atom stereocenters. The number of hydrogen-bond donors (Lipinski definition) is 1. The Labute approximate surface area is 152 Å². The molecule has 2 aliphatic heterocycles. The first-order chi connectivity index (χ1) is 10.3. The van der Waals surface area contributed by atoms with Gasteiger partial charge in [0.15, 0.2) is 5.96 Å². The second kappa shape index (κ2) is 11.5. The Morgan fingerprint density at radius 2 is 2.09 bits per heavy atom. The van der Waals surface area contributed by atoms with Crippen molar-refractivity contribution >= 4 is 29.9 Å². The second-order valence-corrected chi connectivity index (χ2v) is 6.20. The van der Waals surface area contributed by atoms with Crippen LogP contribution in [0.25, 0.3) is 0 Å². The molecule has 0 spiro atoms. The maximum atomic E-state index is 5.89. The average molecular weight is 425 g/mol. The molecule has 0 aromatic rings. The molecule has 2 saturated heterocycles. The number of ether oxygens (including phenoxy) is 2. The molecule has 0 saturated carbocycles. The van der Waals surface area contributed by atoms with Gasteiger partial charge in [-0.15, -0.1) is 24.0 Å². The van der Waals surface area contributed by atoms with Gasteiger partial charge in [-0.1, -0.05) is 6.92 Å². The van der Waals surface area contributed by atoms with Gasteiger partial charge in [0.2, 0.25) is 0 Å². The minimum atomic E-state index is 0. The van der Waals surface area contributed by atoms with Crippen LogP contribution in [0.15, 0.2) is 4.99 Å². The SMILES string of the molecule is CN=C(NCCCOC1CCOCC1)N1CCCC(C)C1.I. The molecule has 1 atom stereocenters. The average Bonchev–Trinajstić information content (AvgIpc) is 2.52. The smallest absolute Gasteiger partial charge is 0.193 e. The monoisotopic (exact) mass is 425 g/mol. The Balaban J connectivity index is 0.00000242. The summed E-state index contributed by atoms with van der Waals surface area (Å²) in [6.07, 6.45) is 6.13. The Morgan fingerprint density at radius 1 is 1.32 bits per heavy atom. The van der Waals surface area contributed by atoms with Gasteiger partial charge in [0, 0.05) is 46.5 Å². The highest BCUT2D eigenvalue weighted by atomic mass is 127.